The summed E-state index contributed by atoms with van der Waals surface area (Å²) in [5.41, 5.74) is 4.99. The van der Waals surface area contributed by atoms with Crippen LogP contribution in [0.3, 0.4) is 0 Å². The number of hydrogen-bond acceptors (Lipinski definition) is 6. The molecule has 2 N–H and O–H groups in total. The Morgan fingerprint density at radius 3 is 2.19 bits per heavy atom. The van der Waals surface area contributed by atoms with Crippen molar-refractivity contribution in [2.45, 2.75) is 109 Å². The first kappa shape index (κ1) is 34.4. The van der Waals surface area contributed by atoms with Crippen molar-refractivity contribution in [2.24, 2.45) is 5.92 Å². The van der Waals surface area contributed by atoms with E-state index >= 15 is 0 Å². The van der Waals surface area contributed by atoms with E-state index in [4.69, 9.17) is 19.4 Å². The molecular weight excluding hydrogens is 669 g/mol. The van der Waals surface area contributed by atoms with Gasteiger partial charge >= 0.3 is 12.2 Å². The van der Waals surface area contributed by atoms with Gasteiger partial charge in [-0.15, -0.1) is 0 Å². The monoisotopic (exact) mass is 718 g/mol. The number of rotatable bonds is 4. The van der Waals surface area contributed by atoms with E-state index in [1.807, 2.05) is 57.5 Å². The third kappa shape index (κ3) is 6.48. The van der Waals surface area contributed by atoms with Crippen LogP contribution in [0.5, 0.6) is 0 Å². The van der Waals surface area contributed by atoms with Crippen molar-refractivity contribution < 1.29 is 19.1 Å². The Hall–Kier alpha value is -4.64. The van der Waals surface area contributed by atoms with Crippen LogP contribution in [-0.4, -0.2) is 73.4 Å². The van der Waals surface area contributed by atoms with Crippen molar-refractivity contribution in [3.8, 4) is 22.4 Å². The van der Waals surface area contributed by atoms with E-state index in [1.54, 1.807) is 0 Å². The Morgan fingerprint density at radius 2 is 1.50 bits per heavy atom. The van der Waals surface area contributed by atoms with Gasteiger partial charge in [-0.25, -0.2) is 19.6 Å². The fourth-order valence-electron chi connectivity index (χ4n) is 8.32. The van der Waals surface area contributed by atoms with Crippen LogP contribution in [0.4, 0.5) is 9.59 Å². The molecular formula is C41H50N6O4Si. The summed E-state index contributed by atoms with van der Waals surface area (Å²) in [7, 11) is -1.64. The van der Waals surface area contributed by atoms with Gasteiger partial charge in [0.15, 0.2) is 0 Å². The number of nitrogens with zero attached hydrogens (tertiary/aromatic N) is 4. The second kappa shape index (κ2) is 12.2. The van der Waals surface area contributed by atoms with E-state index in [9.17, 15) is 9.59 Å². The molecule has 272 valence electrons. The van der Waals surface area contributed by atoms with Gasteiger partial charge < -0.3 is 24.3 Å². The molecule has 11 heteroatoms. The van der Waals surface area contributed by atoms with Crippen LogP contribution in [-0.2, 0) is 9.47 Å². The van der Waals surface area contributed by atoms with Crippen molar-refractivity contribution in [2.75, 3.05) is 6.17 Å². The molecule has 4 unspecified atom stereocenters. The Balaban J connectivity index is 1.02. The molecule has 1 aliphatic carbocycles. The lowest BCUT2D eigenvalue weighted by Crippen LogP contribution is -2.46. The number of aromatic nitrogens is 4. The molecule has 2 aromatic heterocycles. The van der Waals surface area contributed by atoms with Gasteiger partial charge in [0, 0.05) is 17.6 Å². The predicted octanol–water partition coefficient (Wildman–Crippen LogP) is 9.77. The lowest BCUT2D eigenvalue weighted by atomic mass is 9.80. The van der Waals surface area contributed by atoms with Crippen molar-refractivity contribution >= 4 is 42.1 Å². The molecule has 0 bridgehead atoms. The number of aromatic amines is 2. The van der Waals surface area contributed by atoms with Gasteiger partial charge in [0.1, 0.15) is 22.9 Å². The topological polar surface area (TPSA) is 116 Å². The summed E-state index contributed by atoms with van der Waals surface area (Å²) < 4.78 is 11.6. The molecule has 2 amide bonds. The number of carbonyl (C=O) groups excluding carboxylic acids is 2. The highest BCUT2D eigenvalue weighted by molar-refractivity contribution is 6.78. The van der Waals surface area contributed by atoms with E-state index in [0.29, 0.717) is 5.92 Å². The number of imidazole rings is 2. The summed E-state index contributed by atoms with van der Waals surface area (Å²) in [6.45, 7) is 16.1. The second-order valence-corrected chi connectivity index (χ2v) is 22.9. The molecule has 52 heavy (non-hydrogen) atoms. The summed E-state index contributed by atoms with van der Waals surface area (Å²) in [4.78, 5) is 47.3. The first-order valence-electron chi connectivity index (χ1n) is 18.6. The Kier molecular flexibility index (Phi) is 8.09. The van der Waals surface area contributed by atoms with E-state index in [1.165, 1.54) is 0 Å². The highest BCUT2D eigenvalue weighted by Gasteiger charge is 2.51. The molecule has 2 aliphatic heterocycles. The maximum absolute atomic E-state index is 13.2. The van der Waals surface area contributed by atoms with Crippen LogP contribution in [0.1, 0.15) is 84.5 Å². The van der Waals surface area contributed by atoms with Gasteiger partial charge in [-0.1, -0.05) is 55.6 Å². The van der Waals surface area contributed by atoms with E-state index in [0.717, 1.165) is 87.3 Å². The van der Waals surface area contributed by atoms with Crippen LogP contribution >= 0.6 is 0 Å². The van der Waals surface area contributed by atoms with Gasteiger partial charge in [0.05, 0.1) is 43.1 Å². The zero-order valence-corrected chi connectivity index (χ0v) is 32.5. The van der Waals surface area contributed by atoms with Crippen LogP contribution in [0.25, 0.3) is 44.2 Å². The molecule has 2 saturated heterocycles. The van der Waals surface area contributed by atoms with Crippen LogP contribution in [0.15, 0.2) is 60.8 Å². The number of benzene rings is 3. The summed E-state index contributed by atoms with van der Waals surface area (Å²) in [6.07, 6.45) is 5.18. The van der Waals surface area contributed by atoms with Crippen LogP contribution in [0.2, 0.25) is 19.1 Å². The number of amides is 2. The second-order valence-electron chi connectivity index (χ2n) is 17.8. The fourth-order valence-corrected chi connectivity index (χ4v) is 11.2. The van der Waals surface area contributed by atoms with Gasteiger partial charge in [0.25, 0.3) is 0 Å². The lowest BCUT2D eigenvalue weighted by molar-refractivity contribution is 0.00474. The fraction of sp³-hybridized carbons (Fsp3) is 0.463. The number of ether oxygens (including phenoxy) is 2. The SMILES string of the molecule is CC(C)(C)OC(=O)N1C[Si](C)(C)CC1c1nc2c(ccc3cc(-c4ccc(-c5cnc(C6CC7CCC7N6C(=O)OC(C)(C)C)[nH]5)cc4)ccc32)[nH]1. The first-order chi connectivity index (χ1) is 24.5. The Bertz CT molecular complexity index is 2180. The van der Waals surface area contributed by atoms with Crippen molar-refractivity contribution in [3.63, 3.8) is 0 Å². The molecule has 3 fully saturated rings. The maximum atomic E-state index is 13.2. The van der Waals surface area contributed by atoms with E-state index in [2.05, 4.69) is 77.7 Å². The summed E-state index contributed by atoms with van der Waals surface area (Å²) in [6, 6.07) is 20.2. The number of nitrogens with one attached hydrogen (secondary N) is 2. The number of likely N-dealkylation sites (tertiary alicyclic amines) is 1. The van der Waals surface area contributed by atoms with Crippen LogP contribution < -0.4 is 0 Å². The molecule has 10 nitrogen and oxygen atoms in total. The average molecular weight is 719 g/mol. The van der Waals surface area contributed by atoms with Gasteiger partial charge in [0.2, 0.25) is 0 Å². The smallest absolute Gasteiger partial charge is 0.411 e. The van der Waals surface area contributed by atoms with Gasteiger partial charge in [-0.3, -0.25) is 4.90 Å². The highest BCUT2D eigenvalue weighted by Crippen LogP contribution is 2.50. The molecule has 1 saturated carbocycles. The maximum Gasteiger partial charge on any atom is 0.411 e. The molecule has 0 spiro atoms. The van der Waals surface area contributed by atoms with Gasteiger partial charge in [-0.2, -0.15) is 0 Å². The molecule has 3 aromatic carbocycles. The van der Waals surface area contributed by atoms with E-state index in [-0.39, 0.29) is 30.3 Å². The lowest BCUT2D eigenvalue weighted by Gasteiger charge is -2.37. The van der Waals surface area contributed by atoms with Gasteiger partial charge in [-0.05, 0) is 107 Å². The first-order valence-corrected chi connectivity index (χ1v) is 22.0. The molecule has 8 rings (SSSR count). The molecule has 3 aliphatic rings. The molecule has 4 atom stereocenters. The van der Waals surface area contributed by atoms with Crippen molar-refractivity contribution in [3.05, 3.63) is 72.4 Å². The van der Waals surface area contributed by atoms with Crippen LogP contribution in [0, 0.1) is 5.92 Å². The zero-order valence-electron chi connectivity index (χ0n) is 31.5. The highest BCUT2D eigenvalue weighted by atomic mass is 28.3. The summed E-state index contributed by atoms with van der Waals surface area (Å²) >= 11 is 0. The Labute approximate surface area is 306 Å². The number of carbonyl (C=O) groups is 2. The van der Waals surface area contributed by atoms with Crippen molar-refractivity contribution in [1.82, 2.24) is 29.7 Å². The number of fused-ring (bicyclic) bond motifs is 4. The normalized spacial score (nSPS) is 22.8. The minimum Gasteiger partial charge on any atom is -0.444 e. The predicted molar refractivity (Wildman–Crippen MR) is 207 cm³/mol. The Morgan fingerprint density at radius 1 is 0.808 bits per heavy atom. The standard InChI is InChI=1S/C41H50N6O4Si/c1-40(2,3)50-38(48)46-23-52(7,8)22-34(46)37-43-30-17-14-27-19-26(13-16-29(27)35(30)45-37)24-9-11-25(12-10-24)31-21-42-36(44-31)33-20-28-15-18-32(28)47(33)39(49)51-41(4,5)6/h9-14,16-17,19,21,28,32-34H,15,18,20,22-23H2,1-8H3,(H,42,44)(H,43,45). The molecule has 4 heterocycles. The summed E-state index contributed by atoms with van der Waals surface area (Å²) in [5, 5.41) is 2.18. The minimum atomic E-state index is -1.64. The van der Waals surface area contributed by atoms with E-state index < -0.39 is 19.3 Å². The summed E-state index contributed by atoms with van der Waals surface area (Å²) in [5.74, 6) is 2.15. The largest absolute Gasteiger partial charge is 0.444 e. The third-order valence-electron chi connectivity index (χ3n) is 10.8. The minimum absolute atomic E-state index is 0.106. The zero-order chi connectivity index (χ0) is 36.7. The quantitative estimate of drug-likeness (QED) is 0.179. The molecule has 0 radical (unpaired) electrons. The molecule has 5 aromatic rings. The number of H-pyrrole nitrogens is 2. The average Bonchev–Trinajstić information content (AvgIpc) is 3.83. The third-order valence-corrected chi connectivity index (χ3v) is 13.5. The number of hydrogen-bond donors (Lipinski definition) is 2. The van der Waals surface area contributed by atoms with Crippen molar-refractivity contribution in [1.29, 1.82) is 0 Å².